The first kappa shape index (κ1) is 24.4. The summed E-state index contributed by atoms with van der Waals surface area (Å²) in [6.45, 7) is 7.37. The minimum absolute atomic E-state index is 0.132. The third-order valence-electron chi connectivity index (χ3n) is 4.94. The number of benzene rings is 2. The molecule has 0 saturated heterocycles. The number of hydrogen-bond acceptors (Lipinski definition) is 7. The van der Waals surface area contributed by atoms with Gasteiger partial charge in [-0.1, -0.05) is 6.07 Å². The Labute approximate surface area is 198 Å². The van der Waals surface area contributed by atoms with Crippen LogP contribution in [0.2, 0.25) is 0 Å². The molecule has 0 unspecified atom stereocenters. The van der Waals surface area contributed by atoms with Crippen molar-refractivity contribution in [3.05, 3.63) is 52.5 Å². The number of rotatable bonds is 11. The van der Waals surface area contributed by atoms with Crippen molar-refractivity contribution in [2.45, 2.75) is 27.2 Å². The molecule has 0 saturated carbocycles. The van der Waals surface area contributed by atoms with Gasteiger partial charge in [-0.2, -0.15) is 0 Å². The van der Waals surface area contributed by atoms with Crippen LogP contribution < -0.4 is 24.3 Å². The molecule has 33 heavy (non-hydrogen) atoms. The highest BCUT2D eigenvalue weighted by molar-refractivity contribution is 7.17. The van der Waals surface area contributed by atoms with Crippen molar-refractivity contribution in [2.75, 3.05) is 34.0 Å². The van der Waals surface area contributed by atoms with Gasteiger partial charge < -0.3 is 24.3 Å². The summed E-state index contributed by atoms with van der Waals surface area (Å²) in [5.41, 5.74) is 2.63. The standard InChI is InChI=1S/C25H30N2O5S/c1-6-31-20-10-8-17(14-22(20)32-7-2)12-13-26-24(28)23-16(3)27-25(33-23)18-9-11-19(29-4)21(15-18)30-5/h8-11,14-15H,6-7,12-13H2,1-5H3,(H,26,28). The quantitative estimate of drug-likeness (QED) is 0.429. The average molecular weight is 471 g/mol. The maximum atomic E-state index is 12.8. The van der Waals surface area contributed by atoms with E-state index in [4.69, 9.17) is 18.9 Å². The Hall–Kier alpha value is -3.26. The molecule has 0 aliphatic rings. The minimum Gasteiger partial charge on any atom is -0.493 e. The second-order valence-corrected chi connectivity index (χ2v) is 8.16. The maximum absolute atomic E-state index is 12.8. The van der Waals surface area contributed by atoms with E-state index >= 15 is 0 Å². The molecule has 0 atom stereocenters. The molecule has 0 spiro atoms. The van der Waals surface area contributed by atoms with Crippen LogP contribution in [0.4, 0.5) is 0 Å². The smallest absolute Gasteiger partial charge is 0.263 e. The fourth-order valence-electron chi connectivity index (χ4n) is 3.35. The van der Waals surface area contributed by atoms with E-state index in [1.165, 1.54) is 11.3 Å². The first-order valence-electron chi connectivity index (χ1n) is 10.9. The zero-order chi connectivity index (χ0) is 23.8. The molecule has 1 amide bonds. The van der Waals surface area contributed by atoms with E-state index in [1.54, 1.807) is 14.2 Å². The second-order valence-electron chi connectivity index (χ2n) is 7.16. The molecule has 0 aliphatic heterocycles. The number of carbonyl (C=O) groups is 1. The molecule has 1 aromatic heterocycles. The lowest BCUT2D eigenvalue weighted by Gasteiger charge is -2.12. The summed E-state index contributed by atoms with van der Waals surface area (Å²) < 4.78 is 22.0. The predicted octanol–water partition coefficient (Wildman–Crippen LogP) is 4.91. The van der Waals surface area contributed by atoms with Gasteiger partial charge in [-0.3, -0.25) is 4.79 Å². The van der Waals surface area contributed by atoms with Gasteiger partial charge >= 0.3 is 0 Å². The van der Waals surface area contributed by atoms with E-state index in [0.717, 1.165) is 27.6 Å². The van der Waals surface area contributed by atoms with E-state index in [9.17, 15) is 4.79 Å². The molecule has 3 rings (SSSR count). The van der Waals surface area contributed by atoms with E-state index in [0.29, 0.717) is 48.2 Å². The molecule has 0 fully saturated rings. The third-order valence-corrected chi connectivity index (χ3v) is 6.15. The minimum atomic E-state index is -0.132. The molecule has 0 bridgehead atoms. The topological polar surface area (TPSA) is 78.9 Å². The first-order valence-corrected chi connectivity index (χ1v) is 11.7. The van der Waals surface area contributed by atoms with Crippen LogP contribution in [0.1, 0.15) is 34.8 Å². The van der Waals surface area contributed by atoms with Gasteiger partial charge in [-0.25, -0.2) is 4.98 Å². The highest BCUT2D eigenvalue weighted by Crippen LogP contribution is 2.35. The van der Waals surface area contributed by atoms with Gasteiger partial charge in [-0.15, -0.1) is 11.3 Å². The van der Waals surface area contributed by atoms with Crippen LogP contribution >= 0.6 is 11.3 Å². The number of amides is 1. The Morgan fingerprint density at radius 3 is 2.33 bits per heavy atom. The molecule has 3 aromatic rings. The van der Waals surface area contributed by atoms with Crippen molar-refractivity contribution in [1.82, 2.24) is 10.3 Å². The maximum Gasteiger partial charge on any atom is 0.263 e. The van der Waals surface area contributed by atoms with Gasteiger partial charge in [0.1, 0.15) is 9.88 Å². The first-order chi connectivity index (χ1) is 16.0. The van der Waals surface area contributed by atoms with Crippen molar-refractivity contribution in [1.29, 1.82) is 0 Å². The Morgan fingerprint density at radius 2 is 1.64 bits per heavy atom. The molecular formula is C25H30N2O5S. The molecule has 7 nitrogen and oxygen atoms in total. The van der Waals surface area contributed by atoms with Crippen molar-refractivity contribution < 1.29 is 23.7 Å². The van der Waals surface area contributed by atoms with E-state index in [2.05, 4.69) is 10.3 Å². The van der Waals surface area contributed by atoms with Crippen LogP contribution in [0.5, 0.6) is 23.0 Å². The summed E-state index contributed by atoms with van der Waals surface area (Å²) in [6.07, 6.45) is 0.679. The van der Waals surface area contributed by atoms with Crippen molar-refractivity contribution >= 4 is 17.2 Å². The number of nitrogens with zero attached hydrogens (tertiary/aromatic N) is 1. The van der Waals surface area contributed by atoms with Gasteiger partial charge in [0.2, 0.25) is 0 Å². The van der Waals surface area contributed by atoms with Crippen molar-refractivity contribution in [2.24, 2.45) is 0 Å². The highest BCUT2D eigenvalue weighted by Gasteiger charge is 2.17. The Morgan fingerprint density at radius 1 is 0.939 bits per heavy atom. The van der Waals surface area contributed by atoms with Gasteiger partial charge in [0.25, 0.3) is 5.91 Å². The highest BCUT2D eigenvalue weighted by atomic mass is 32.1. The molecule has 176 valence electrons. The van der Waals surface area contributed by atoms with E-state index in [-0.39, 0.29) is 5.91 Å². The SMILES string of the molecule is CCOc1ccc(CCNC(=O)c2sc(-c3ccc(OC)c(OC)c3)nc2C)cc1OCC. The Bertz CT molecular complexity index is 1100. The number of thiazole rings is 1. The number of methoxy groups -OCH3 is 2. The number of carbonyl (C=O) groups excluding carboxylic acids is 1. The van der Waals surface area contributed by atoms with Crippen molar-refractivity contribution in [3.63, 3.8) is 0 Å². The van der Waals surface area contributed by atoms with Gasteiger partial charge in [0.05, 0.1) is 33.1 Å². The number of aryl methyl sites for hydroxylation is 1. The number of aromatic nitrogens is 1. The fraction of sp³-hybridized carbons (Fsp3) is 0.360. The Kier molecular flexibility index (Phi) is 8.54. The molecular weight excluding hydrogens is 440 g/mol. The lowest BCUT2D eigenvalue weighted by Crippen LogP contribution is -2.25. The lowest BCUT2D eigenvalue weighted by molar-refractivity contribution is 0.0957. The van der Waals surface area contributed by atoms with Crippen LogP contribution in [0.25, 0.3) is 10.6 Å². The summed E-state index contributed by atoms with van der Waals surface area (Å²) in [6, 6.07) is 11.5. The van der Waals surface area contributed by atoms with E-state index in [1.807, 2.05) is 57.2 Å². The average Bonchev–Trinajstić information content (AvgIpc) is 3.22. The van der Waals surface area contributed by atoms with Gasteiger partial charge in [-0.05, 0) is 63.1 Å². The van der Waals surface area contributed by atoms with Crippen LogP contribution in [0, 0.1) is 6.92 Å². The predicted molar refractivity (Wildman–Crippen MR) is 130 cm³/mol. The molecule has 8 heteroatoms. The van der Waals surface area contributed by atoms with E-state index < -0.39 is 0 Å². The molecule has 0 aliphatic carbocycles. The summed E-state index contributed by atoms with van der Waals surface area (Å²) in [4.78, 5) is 18.0. The fourth-order valence-corrected chi connectivity index (χ4v) is 4.33. The van der Waals surface area contributed by atoms with Crippen LogP contribution in [0.15, 0.2) is 36.4 Å². The molecule has 2 aromatic carbocycles. The van der Waals surface area contributed by atoms with Crippen LogP contribution in [-0.4, -0.2) is 44.9 Å². The van der Waals surface area contributed by atoms with Crippen LogP contribution in [0.3, 0.4) is 0 Å². The molecule has 1 heterocycles. The zero-order valence-electron chi connectivity index (χ0n) is 19.7. The largest absolute Gasteiger partial charge is 0.493 e. The normalized spacial score (nSPS) is 10.6. The molecule has 0 radical (unpaired) electrons. The second kappa shape index (κ2) is 11.6. The number of nitrogens with one attached hydrogen (secondary N) is 1. The zero-order valence-corrected chi connectivity index (χ0v) is 20.5. The lowest BCUT2D eigenvalue weighted by atomic mass is 10.1. The van der Waals surface area contributed by atoms with Crippen molar-refractivity contribution in [3.8, 4) is 33.6 Å². The summed E-state index contributed by atoms with van der Waals surface area (Å²) in [5, 5.41) is 3.76. The third kappa shape index (κ3) is 5.96. The molecule has 1 N–H and O–H groups in total. The number of hydrogen-bond donors (Lipinski definition) is 1. The van der Waals surface area contributed by atoms with Crippen LogP contribution in [-0.2, 0) is 6.42 Å². The van der Waals surface area contributed by atoms with Gasteiger partial charge in [0, 0.05) is 12.1 Å². The summed E-state index contributed by atoms with van der Waals surface area (Å²) in [5.74, 6) is 2.59. The monoisotopic (exact) mass is 470 g/mol. The number of ether oxygens (including phenoxy) is 4. The Balaban J connectivity index is 1.66. The summed E-state index contributed by atoms with van der Waals surface area (Å²) >= 11 is 1.36. The summed E-state index contributed by atoms with van der Waals surface area (Å²) in [7, 11) is 3.19. The van der Waals surface area contributed by atoms with Gasteiger partial charge in [0.15, 0.2) is 23.0 Å².